The number of aryl methyl sites for hydroxylation is 1. The predicted molar refractivity (Wildman–Crippen MR) is 135 cm³/mol. The van der Waals surface area contributed by atoms with E-state index in [-0.39, 0.29) is 11.8 Å². The van der Waals surface area contributed by atoms with E-state index in [1.165, 1.54) is 0 Å². The number of anilines is 4. The lowest BCUT2D eigenvalue weighted by Crippen LogP contribution is -2.26. The van der Waals surface area contributed by atoms with Crippen molar-refractivity contribution in [1.29, 1.82) is 0 Å². The van der Waals surface area contributed by atoms with E-state index in [2.05, 4.69) is 25.3 Å². The summed E-state index contributed by atoms with van der Waals surface area (Å²) in [5.74, 6) is 2.55. The molecule has 1 fully saturated rings. The molecule has 0 bridgehead atoms. The maximum Gasteiger partial charge on any atom is 0.229 e. The number of nitrogens with zero attached hydrogens (tertiary/aromatic N) is 2. The molecule has 186 valence electrons. The third-order valence-electron chi connectivity index (χ3n) is 5.55. The normalized spacial score (nSPS) is 13.3. The van der Waals surface area contributed by atoms with Gasteiger partial charge in [0, 0.05) is 41.8 Å². The number of methoxy groups -OCH3 is 3. The number of nitrogens with one attached hydrogen (secondary N) is 3. The molecule has 10 nitrogen and oxygen atoms in total. The first-order valence-corrected chi connectivity index (χ1v) is 12.6. The fourth-order valence-electron chi connectivity index (χ4n) is 3.43. The van der Waals surface area contributed by atoms with Gasteiger partial charge < -0.3 is 24.8 Å². The maximum absolute atomic E-state index is 12.0. The van der Waals surface area contributed by atoms with Crippen LogP contribution in [0.25, 0.3) is 0 Å². The fourth-order valence-corrected chi connectivity index (χ4v) is 4.79. The van der Waals surface area contributed by atoms with E-state index in [1.807, 2.05) is 31.2 Å². The predicted octanol–water partition coefficient (Wildman–Crippen LogP) is 3.88. The lowest BCUT2D eigenvalue weighted by atomic mass is 10.2. The average Bonchev–Trinajstić information content (AvgIpc) is 3.71. The molecule has 11 heteroatoms. The van der Waals surface area contributed by atoms with Crippen LogP contribution in [0.2, 0.25) is 0 Å². The van der Waals surface area contributed by atoms with E-state index in [1.54, 1.807) is 39.7 Å². The van der Waals surface area contributed by atoms with E-state index in [0.717, 1.165) is 29.7 Å². The number of hydrogen-bond acceptors (Lipinski definition) is 9. The lowest BCUT2D eigenvalue weighted by molar-refractivity contribution is 0.324. The maximum atomic E-state index is 12.0. The molecule has 35 heavy (non-hydrogen) atoms. The molecule has 1 heterocycles. The summed E-state index contributed by atoms with van der Waals surface area (Å²) in [6, 6.07) is 11.1. The highest BCUT2D eigenvalue weighted by Gasteiger charge is 2.35. The van der Waals surface area contributed by atoms with Crippen molar-refractivity contribution in [1.82, 2.24) is 14.7 Å². The fraction of sp³-hybridized carbons (Fsp3) is 0.333. The minimum absolute atomic E-state index is 0.230. The number of aromatic nitrogens is 2. The Bertz CT molecular complexity index is 1270. The van der Waals surface area contributed by atoms with Gasteiger partial charge in [-0.3, -0.25) is 0 Å². The molecular formula is C24H29N5O5S. The highest BCUT2D eigenvalue weighted by molar-refractivity contribution is 7.90. The molecule has 1 aliphatic carbocycles. The minimum Gasteiger partial charge on any atom is -0.493 e. The minimum atomic E-state index is -3.21. The van der Waals surface area contributed by atoms with Crippen molar-refractivity contribution in [2.24, 2.45) is 0 Å². The summed E-state index contributed by atoms with van der Waals surface area (Å²) in [6.45, 7) is 2.18. The van der Waals surface area contributed by atoms with Crippen molar-refractivity contribution in [3.8, 4) is 17.2 Å². The Morgan fingerprint density at radius 2 is 1.60 bits per heavy atom. The molecule has 3 N–H and O–H groups in total. The molecule has 1 aliphatic rings. The van der Waals surface area contributed by atoms with Gasteiger partial charge in [-0.2, -0.15) is 4.98 Å². The highest BCUT2D eigenvalue weighted by atomic mass is 32.2. The molecule has 3 aromatic rings. The van der Waals surface area contributed by atoms with Crippen LogP contribution in [0.4, 0.5) is 23.1 Å². The van der Waals surface area contributed by atoms with Gasteiger partial charge >= 0.3 is 0 Å². The van der Waals surface area contributed by atoms with Crippen LogP contribution < -0.4 is 29.6 Å². The summed E-state index contributed by atoms with van der Waals surface area (Å²) in [7, 11) is 1.45. The molecule has 0 radical (unpaired) electrons. The van der Waals surface area contributed by atoms with E-state index in [0.29, 0.717) is 34.7 Å². The van der Waals surface area contributed by atoms with Gasteiger partial charge in [-0.15, -0.1) is 0 Å². The summed E-state index contributed by atoms with van der Waals surface area (Å²) >= 11 is 0. The van der Waals surface area contributed by atoms with Crippen molar-refractivity contribution in [2.75, 3.05) is 32.0 Å². The van der Waals surface area contributed by atoms with Gasteiger partial charge in [0.1, 0.15) is 5.82 Å². The number of rotatable bonds is 11. The largest absolute Gasteiger partial charge is 0.493 e. The van der Waals surface area contributed by atoms with Crippen LogP contribution in [0.5, 0.6) is 17.2 Å². The van der Waals surface area contributed by atoms with Crippen molar-refractivity contribution in [2.45, 2.75) is 31.6 Å². The van der Waals surface area contributed by atoms with Gasteiger partial charge in [0.05, 0.1) is 26.6 Å². The van der Waals surface area contributed by atoms with E-state index >= 15 is 0 Å². The Hall–Kier alpha value is -3.57. The van der Waals surface area contributed by atoms with Crippen LogP contribution in [0.1, 0.15) is 24.0 Å². The highest BCUT2D eigenvalue weighted by Crippen LogP contribution is 2.40. The Morgan fingerprint density at radius 1 is 0.943 bits per heavy atom. The summed E-state index contributed by atoms with van der Waals surface area (Å²) in [6.07, 6.45) is 3.20. The summed E-state index contributed by atoms with van der Waals surface area (Å²) in [5.41, 5.74) is 3.23. The smallest absolute Gasteiger partial charge is 0.229 e. The molecule has 1 saturated carbocycles. The standard InChI is InChI=1S/C24H29N5O5S/c1-15-13-25-24(28-18-11-20(32-2)22(34-4)21(12-18)33-3)29-23(15)27-17-7-5-16(6-8-17)14-26-35(30,31)19-9-10-19/h5-8,11-13,19,26H,9-10,14H2,1-4H3,(H2,25,27,28,29). The second-order valence-electron chi connectivity index (χ2n) is 8.15. The third-order valence-corrected chi connectivity index (χ3v) is 7.45. The van der Waals surface area contributed by atoms with Gasteiger partial charge in [0.25, 0.3) is 0 Å². The molecule has 0 saturated heterocycles. The van der Waals surface area contributed by atoms with Gasteiger partial charge in [-0.05, 0) is 37.5 Å². The monoisotopic (exact) mass is 499 g/mol. The van der Waals surface area contributed by atoms with Gasteiger partial charge in [0.15, 0.2) is 11.5 Å². The molecule has 0 atom stereocenters. The number of ether oxygens (including phenoxy) is 3. The van der Waals surface area contributed by atoms with Gasteiger partial charge in [-0.1, -0.05) is 12.1 Å². The number of benzene rings is 2. The quantitative estimate of drug-likeness (QED) is 0.360. The van der Waals surface area contributed by atoms with Crippen LogP contribution >= 0.6 is 0 Å². The van der Waals surface area contributed by atoms with E-state index in [9.17, 15) is 8.42 Å². The molecule has 0 spiro atoms. The average molecular weight is 500 g/mol. The SMILES string of the molecule is COc1cc(Nc2ncc(C)c(Nc3ccc(CNS(=O)(=O)C4CC4)cc3)n2)cc(OC)c1OC. The summed E-state index contributed by atoms with van der Waals surface area (Å²) in [4.78, 5) is 8.97. The number of hydrogen-bond donors (Lipinski definition) is 3. The molecule has 0 aliphatic heterocycles. The zero-order valence-corrected chi connectivity index (χ0v) is 20.9. The Labute approximate surface area is 205 Å². The number of sulfonamides is 1. The molecule has 0 amide bonds. The first kappa shape index (κ1) is 24.6. The van der Waals surface area contributed by atoms with Crippen LogP contribution in [-0.2, 0) is 16.6 Å². The van der Waals surface area contributed by atoms with Crippen LogP contribution in [0, 0.1) is 6.92 Å². The first-order valence-electron chi connectivity index (χ1n) is 11.1. The third kappa shape index (κ3) is 5.92. The van der Waals surface area contributed by atoms with Crippen molar-refractivity contribution in [3.05, 3.63) is 53.7 Å². The van der Waals surface area contributed by atoms with E-state index < -0.39 is 10.0 Å². The Balaban J connectivity index is 1.46. The molecule has 4 rings (SSSR count). The zero-order chi connectivity index (χ0) is 25.0. The van der Waals surface area contributed by atoms with Crippen LogP contribution in [0.15, 0.2) is 42.6 Å². The van der Waals surface area contributed by atoms with E-state index in [4.69, 9.17) is 14.2 Å². The van der Waals surface area contributed by atoms with Crippen molar-refractivity contribution in [3.63, 3.8) is 0 Å². The van der Waals surface area contributed by atoms with Crippen molar-refractivity contribution < 1.29 is 22.6 Å². The second kappa shape index (κ2) is 10.4. The van der Waals surface area contributed by atoms with Gasteiger partial charge in [-0.25, -0.2) is 18.1 Å². The topological polar surface area (TPSA) is 124 Å². The zero-order valence-electron chi connectivity index (χ0n) is 20.1. The molecule has 0 unspecified atom stereocenters. The van der Waals surface area contributed by atoms with Gasteiger partial charge in [0.2, 0.25) is 21.7 Å². The molecule has 1 aromatic heterocycles. The van der Waals surface area contributed by atoms with Crippen molar-refractivity contribution >= 4 is 33.2 Å². The summed E-state index contributed by atoms with van der Waals surface area (Å²) < 4.78 is 42.9. The Kier molecular flexibility index (Phi) is 7.27. The first-order chi connectivity index (χ1) is 16.8. The second-order valence-corrected chi connectivity index (χ2v) is 10.2. The Morgan fingerprint density at radius 3 is 2.17 bits per heavy atom. The molecular weight excluding hydrogens is 470 g/mol. The molecule has 2 aromatic carbocycles. The van der Waals surface area contributed by atoms with Crippen LogP contribution in [-0.4, -0.2) is 45.0 Å². The lowest BCUT2D eigenvalue weighted by Gasteiger charge is -2.15. The van der Waals surface area contributed by atoms with Crippen LogP contribution in [0.3, 0.4) is 0 Å². The summed E-state index contributed by atoms with van der Waals surface area (Å²) in [5, 5.41) is 6.23.